The van der Waals surface area contributed by atoms with Gasteiger partial charge < -0.3 is 14.2 Å². The molecule has 0 bridgehead atoms. The van der Waals surface area contributed by atoms with Crippen LogP contribution < -0.4 is 0 Å². The van der Waals surface area contributed by atoms with Crippen molar-refractivity contribution in [3.05, 3.63) is 48.6 Å². The van der Waals surface area contributed by atoms with Gasteiger partial charge in [0.05, 0.1) is 0 Å². The third-order valence-electron chi connectivity index (χ3n) is 12.1. The van der Waals surface area contributed by atoms with E-state index in [0.717, 1.165) is 89.9 Å². The van der Waals surface area contributed by atoms with Crippen LogP contribution in [0.4, 0.5) is 0 Å². The Morgan fingerprint density at radius 3 is 0.984 bits per heavy atom. The van der Waals surface area contributed by atoms with Crippen molar-refractivity contribution < 1.29 is 28.6 Å². The molecule has 0 aromatic carbocycles. The molecule has 1 unspecified atom stereocenters. The van der Waals surface area contributed by atoms with Crippen molar-refractivity contribution in [2.45, 2.75) is 290 Å². The zero-order valence-electron chi connectivity index (χ0n) is 42.6. The first-order chi connectivity index (χ1) is 31.5. The number of carbonyl (C=O) groups excluding carboxylic acids is 3. The average Bonchev–Trinajstić information content (AvgIpc) is 3.29. The zero-order valence-corrected chi connectivity index (χ0v) is 42.6. The molecule has 0 saturated carbocycles. The smallest absolute Gasteiger partial charge is 0.306 e. The van der Waals surface area contributed by atoms with Gasteiger partial charge in [0, 0.05) is 19.3 Å². The number of hydrogen-bond acceptors (Lipinski definition) is 6. The quantitative estimate of drug-likeness (QED) is 0.0199. The fourth-order valence-electron chi connectivity index (χ4n) is 7.97. The number of rotatable bonds is 50. The van der Waals surface area contributed by atoms with E-state index in [0.29, 0.717) is 19.3 Å². The first-order valence-corrected chi connectivity index (χ1v) is 27.7. The molecule has 0 aliphatic carbocycles. The van der Waals surface area contributed by atoms with Gasteiger partial charge in [-0.25, -0.2) is 0 Å². The van der Waals surface area contributed by atoms with E-state index in [1.54, 1.807) is 0 Å². The number of allylic oxidation sites excluding steroid dienone is 8. The molecule has 372 valence electrons. The summed E-state index contributed by atoms with van der Waals surface area (Å²) in [5.74, 6) is -0.898. The number of carbonyl (C=O) groups is 3. The minimum atomic E-state index is -0.782. The van der Waals surface area contributed by atoms with E-state index in [9.17, 15) is 14.4 Å². The maximum absolute atomic E-state index is 12.8. The van der Waals surface area contributed by atoms with Crippen LogP contribution in [0.1, 0.15) is 284 Å². The van der Waals surface area contributed by atoms with E-state index < -0.39 is 6.10 Å². The molecule has 0 amide bonds. The van der Waals surface area contributed by atoms with E-state index in [1.807, 2.05) is 0 Å². The van der Waals surface area contributed by atoms with Crippen molar-refractivity contribution in [1.82, 2.24) is 0 Å². The normalized spacial score (nSPS) is 12.4. The van der Waals surface area contributed by atoms with E-state index >= 15 is 0 Å². The average molecular weight is 897 g/mol. The van der Waals surface area contributed by atoms with Gasteiger partial charge in [0.25, 0.3) is 0 Å². The van der Waals surface area contributed by atoms with Gasteiger partial charge >= 0.3 is 17.9 Å². The van der Waals surface area contributed by atoms with Crippen LogP contribution in [0.2, 0.25) is 0 Å². The lowest BCUT2D eigenvalue weighted by molar-refractivity contribution is -0.167. The summed E-state index contributed by atoms with van der Waals surface area (Å²) in [5, 5.41) is 0. The Morgan fingerprint density at radius 1 is 0.328 bits per heavy atom. The van der Waals surface area contributed by atoms with E-state index in [4.69, 9.17) is 14.2 Å². The first kappa shape index (κ1) is 61.4. The van der Waals surface area contributed by atoms with E-state index in [1.165, 1.54) is 154 Å². The summed E-state index contributed by atoms with van der Waals surface area (Å²) in [4.78, 5) is 38.1. The molecule has 0 aromatic rings. The van der Waals surface area contributed by atoms with Crippen LogP contribution in [-0.4, -0.2) is 37.2 Å². The Kier molecular flexibility index (Phi) is 50.8. The molecule has 0 radical (unpaired) electrons. The van der Waals surface area contributed by atoms with Crippen molar-refractivity contribution in [2.75, 3.05) is 13.2 Å². The molecular weight excluding hydrogens is 793 g/mol. The lowest BCUT2D eigenvalue weighted by atomic mass is 10.0. The molecule has 0 spiro atoms. The van der Waals surface area contributed by atoms with Crippen LogP contribution in [0.3, 0.4) is 0 Å². The fourth-order valence-corrected chi connectivity index (χ4v) is 7.97. The van der Waals surface area contributed by atoms with Gasteiger partial charge in [-0.3, -0.25) is 14.4 Å². The molecule has 0 aliphatic heterocycles. The molecule has 0 saturated heterocycles. The number of unbranched alkanes of at least 4 members (excludes halogenated alkanes) is 33. The summed E-state index contributed by atoms with van der Waals surface area (Å²) in [6.07, 6.45) is 63.8. The third-order valence-corrected chi connectivity index (χ3v) is 12.1. The highest BCUT2D eigenvalue weighted by Crippen LogP contribution is 2.16. The Labute approximate surface area is 397 Å². The van der Waals surface area contributed by atoms with E-state index in [-0.39, 0.29) is 31.1 Å². The molecule has 0 N–H and O–H groups in total. The predicted octanol–water partition coefficient (Wildman–Crippen LogP) is 18.3. The van der Waals surface area contributed by atoms with Crippen molar-refractivity contribution in [3.8, 4) is 0 Å². The molecule has 0 rings (SSSR count). The van der Waals surface area contributed by atoms with Crippen molar-refractivity contribution in [2.24, 2.45) is 0 Å². The molecule has 6 heteroatoms. The Morgan fingerprint density at radius 2 is 0.625 bits per heavy atom. The number of ether oxygens (including phenoxy) is 3. The van der Waals surface area contributed by atoms with Crippen LogP contribution in [0.25, 0.3) is 0 Å². The van der Waals surface area contributed by atoms with Gasteiger partial charge in [-0.2, -0.15) is 0 Å². The van der Waals surface area contributed by atoms with Gasteiger partial charge in [0.2, 0.25) is 0 Å². The van der Waals surface area contributed by atoms with Gasteiger partial charge in [-0.15, -0.1) is 0 Å². The number of esters is 3. The summed E-state index contributed by atoms with van der Waals surface area (Å²) in [6, 6.07) is 0. The lowest BCUT2D eigenvalue weighted by Gasteiger charge is -2.18. The Hall–Kier alpha value is -2.63. The van der Waals surface area contributed by atoms with Crippen molar-refractivity contribution >= 4 is 17.9 Å². The van der Waals surface area contributed by atoms with Gasteiger partial charge in [-0.05, 0) is 64.2 Å². The zero-order chi connectivity index (χ0) is 46.5. The molecular formula is C58H104O6. The van der Waals surface area contributed by atoms with Crippen LogP contribution >= 0.6 is 0 Å². The summed E-state index contributed by atoms with van der Waals surface area (Å²) in [7, 11) is 0. The topological polar surface area (TPSA) is 78.9 Å². The third kappa shape index (κ3) is 50.4. The maximum atomic E-state index is 12.8. The molecule has 0 fully saturated rings. The first-order valence-electron chi connectivity index (χ1n) is 27.7. The highest BCUT2D eigenvalue weighted by molar-refractivity contribution is 5.71. The van der Waals surface area contributed by atoms with Gasteiger partial charge in [0.1, 0.15) is 13.2 Å². The molecule has 64 heavy (non-hydrogen) atoms. The second kappa shape index (κ2) is 53.0. The molecule has 0 aromatic heterocycles. The van der Waals surface area contributed by atoms with Crippen LogP contribution in [0.5, 0.6) is 0 Å². The monoisotopic (exact) mass is 897 g/mol. The van der Waals surface area contributed by atoms with Gasteiger partial charge in [-0.1, -0.05) is 249 Å². The fraction of sp³-hybridized carbons (Fsp3) is 0.810. The minimum Gasteiger partial charge on any atom is -0.462 e. The van der Waals surface area contributed by atoms with Crippen molar-refractivity contribution in [1.29, 1.82) is 0 Å². The summed E-state index contributed by atoms with van der Waals surface area (Å²) < 4.78 is 16.8. The highest BCUT2D eigenvalue weighted by atomic mass is 16.6. The SMILES string of the molecule is CC/C=C/C=C/C=C/CCCCCCCC(=O)OCC(COC(=O)CCCCCCC/C=C/CCCCCCCCCCC)OC(=O)CCCCCCCCCCCCCCCCC. The second-order valence-corrected chi connectivity index (χ2v) is 18.5. The van der Waals surface area contributed by atoms with Crippen molar-refractivity contribution in [3.63, 3.8) is 0 Å². The minimum absolute atomic E-state index is 0.0816. The van der Waals surface area contributed by atoms with E-state index in [2.05, 4.69) is 69.4 Å². The molecule has 0 heterocycles. The molecule has 1 atom stereocenters. The summed E-state index contributed by atoms with van der Waals surface area (Å²) >= 11 is 0. The molecule has 6 nitrogen and oxygen atoms in total. The Balaban J connectivity index is 4.36. The van der Waals surface area contributed by atoms with Crippen LogP contribution in [0, 0.1) is 0 Å². The Bertz CT molecular complexity index is 1120. The van der Waals surface area contributed by atoms with Crippen LogP contribution in [0.15, 0.2) is 48.6 Å². The lowest BCUT2D eigenvalue weighted by Crippen LogP contribution is -2.30. The maximum Gasteiger partial charge on any atom is 0.306 e. The number of hydrogen-bond donors (Lipinski definition) is 0. The summed E-state index contributed by atoms with van der Waals surface area (Å²) in [6.45, 7) is 6.51. The largest absolute Gasteiger partial charge is 0.462 e. The summed E-state index contributed by atoms with van der Waals surface area (Å²) in [5.41, 5.74) is 0. The highest BCUT2D eigenvalue weighted by Gasteiger charge is 2.19. The van der Waals surface area contributed by atoms with Crippen LogP contribution in [-0.2, 0) is 28.6 Å². The van der Waals surface area contributed by atoms with Gasteiger partial charge in [0.15, 0.2) is 6.10 Å². The predicted molar refractivity (Wildman–Crippen MR) is 275 cm³/mol. The second-order valence-electron chi connectivity index (χ2n) is 18.5. The molecule has 0 aliphatic rings. The standard InChI is InChI=1S/C58H104O6/c1-4-7-10-13-16-19-22-25-27-28-29-31-33-36-39-42-45-48-51-57(60)63-54-55(53-62-56(59)50-47-44-41-38-35-32-24-21-18-15-12-9-6-3)64-58(61)52-49-46-43-40-37-34-30-26-23-20-17-14-11-8-5-2/h9,12,15,18,21,24,29,31,55H,4-8,10-11,13-14,16-17,19-20,22-23,25-28,30,32-54H2,1-3H3/b12-9+,18-15+,24-21+,31-29+.